The van der Waals surface area contributed by atoms with Gasteiger partial charge in [0.1, 0.15) is 0 Å². The van der Waals surface area contributed by atoms with E-state index in [1.807, 2.05) is 0 Å². The van der Waals surface area contributed by atoms with Crippen molar-refractivity contribution in [1.82, 2.24) is 5.32 Å². The van der Waals surface area contributed by atoms with Crippen molar-refractivity contribution in [2.24, 2.45) is 0 Å². The van der Waals surface area contributed by atoms with Gasteiger partial charge >= 0.3 is 11.9 Å². The summed E-state index contributed by atoms with van der Waals surface area (Å²) in [7, 11) is 0. The van der Waals surface area contributed by atoms with Crippen molar-refractivity contribution >= 4 is 17.8 Å². The Labute approximate surface area is 134 Å². The van der Waals surface area contributed by atoms with Crippen molar-refractivity contribution in [3.8, 4) is 0 Å². The third kappa shape index (κ3) is 4.41. The van der Waals surface area contributed by atoms with Crippen molar-refractivity contribution < 1.29 is 28.6 Å². The highest BCUT2D eigenvalue weighted by atomic mass is 16.6. The Morgan fingerprint density at radius 3 is 2.17 bits per heavy atom. The minimum absolute atomic E-state index is 0.00569. The molecule has 8 nitrogen and oxygen atoms in total. The van der Waals surface area contributed by atoms with Gasteiger partial charge in [0.2, 0.25) is 11.4 Å². The van der Waals surface area contributed by atoms with Gasteiger partial charge in [-0.1, -0.05) is 6.07 Å². The van der Waals surface area contributed by atoms with Gasteiger partial charge in [-0.3, -0.25) is 4.79 Å². The van der Waals surface area contributed by atoms with Crippen LogP contribution in [0.25, 0.3) is 0 Å². The number of esters is 2. The van der Waals surface area contributed by atoms with Crippen molar-refractivity contribution in [2.75, 3.05) is 13.2 Å². The highest BCUT2D eigenvalue weighted by Gasteiger charge is 2.51. The number of nitrogens with one attached hydrogen (secondary N) is 1. The fraction of sp³-hybridized carbons (Fsp3) is 0.467. The van der Waals surface area contributed by atoms with Crippen LogP contribution >= 0.6 is 0 Å². The number of carbonyl (C=O) groups is 3. The first kappa shape index (κ1) is 18.4. The van der Waals surface area contributed by atoms with Crippen LogP contribution in [0.2, 0.25) is 0 Å². The van der Waals surface area contributed by atoms with E-state index in [-0.39, 0.29) is 25.3 Å². The molecule has 0 unspecified atom stereocenters. The predicted molar refractivity (Wildman–Crippen MR) is 78.9 cm³/mol. The number of hydrogen-bond acceptors (Lipinski definition) is 6. The Bertz CT molecular complexity index is 569. The molecule has 0 atom stereocenters. The maximum Gasteiger partial charge on any atom is 0.344 e. The smallest absolute Gasteiger partial charge is 0.344 e. The summed E-state index contributed by atoms with van der Waals surface area (Å²) >= 11 is 0. The van der Waals surface area contributed by atoms with E-state index in [1.54, 1.807) is 19.9 Å². The van der Waals surface area contributed by atoms with Crippen molar-refractivity contribution in [2.45, 2.75) is 32.7 Å². The van der Waals surface area contributed by atoms with E-state index in [0.717, 1.165) is 6.92 Å². The number of carbonyl (C=O) groups excluding carboxylic acids is 3. The standard InChI is InChI=1S/C15H20N2O6/c1-4-22-13(19)15(16-11(3)18,14(20)23-5-2)10-12-8-6-7-9-17(12)21/h6-9H,4-5,10H2,1-3H3,(H,16,18). The summed E-state index contributed by atoms with van der Waals surface area (Å²) in [4.78, 5) is 36.3. The van der Waals surface area contributed by atoms with Crippen molar-refractivity contribution in [3.05, 3.63) is 35.3 Å². The van der Waals surface area contributed by atoms with E-state index < -0.39 is 23.4 Å². The Hall–Kier alpha value is -2.64. The van der Waals surface area contributed by atoms with Gasteiger partial charge in [-0.25, -0.2) is 9.59 Å². The van der Waals surface area contributed by atoms with Crippen LogP contribution in [0.5, 0.6) is 0 Å². The Balaban J connectivity index is 3.35. The molecule has 23 heavy (non-hydrogen) atoms. The number of rotatable bonds is 7. The fourth-order valence-electron chi connectivity index (χ4n) is 2.06. The topological polar surface area (TPSA) is 109 Å². The molecule has 1 amide bonds. The van der Waals surface area contributed by atoms with Gasteiger partial charge in [-0.2, -0.15) is 4.73 Å². The molecule has 0 aliphatic heterocycles. The van der Waals surface area contributed by atoms with Crippen LogP contribution in [0, 0.1) is 5.21 Å². The first-order valence-electron chi connectivity index (χ1n) is 7.17. The van der Waals surface area contributed by atoms with Crippen molar-refractivity contribution in [3.63, 3.8) is 0 Å². The van der Waals surface area contributed by atoms with Crippen LogP contribution in [0.15, 0.2) is 24.4 Å². The van der Waals surface area contributed by atoms with Gasteiger partial charge < -0.3 is 20.0 Å². The second kappa shape index (κ2) is 8.11. The molecule has 126 valence electrons. The lowest BCUT2D eigenvalue weighted by Crippen LogP contribution is -2.63. The number of amides is 1. The van der Waals surface area contributed by atoms with E-state index in [2.05, 4.69) is 5.32 Å². The number of aromatic nitrogens is 1. The quantitative estimate of drug-likeness (QED) is 0.324. The van der Waals surface area contributed by atoms with Crippen LogP contribution < -0.4 is 10.0 Å². The highest BCUT2D eigenvalue weighted by molar-refractivity contribution is 6.07. The molecule has 0 aliphatic rings. The Morgan fingerprint density at radius 1 is 1.17 bits per heavy atom. The van der Waals surface area contributed by atoms with Crippen LogP contribution in [-0.4, -0.2) is 36.6 Å². The monoisotopic (exact) mass is 324 g/mol. The first-order valence-corrected chi connectivity index (χ1v) is 7.17. The lowest BCUT2D eigenvalue weighted by atomic mass is 9.92. The normalized spacial score (nSPS) is 10.7. The lowest BCUT2D eigenvalue weighted by Gasteiger charge is -2.28. The molecule has 1 rings (SSSR count). The second-order valence-corrected chi connectivity index (χ2v) is 4.72. The molecule has 0 aromatic carbocycles. The lowest BCUT2D eigenvalue weighted by molar-refractivity contribution is -0.614. The molecule has 1 aromatic rings. The molecule has 1 heterocycles. The molecular weight excluding hydrogens is 304 g/mol. The number of ether oxygens (including phenoxy) is 2. The zero-order valence-electron chi connectivity index (χ0n) is 13.3. The summed E-state index contributed by atoms with van der Waals surface area (Å²) in [5, 5.41) is 14.1. The molecular formula is C15H20N2O6. The van der Waals surface area contributed by atoms with Gasteiger partial charge in [0.05, 0.1) is 19.6 Å². The number of pyridine rings is 1. The highest BCUT2D eigenvalue weighted by Crippen LogP contribution is 2.17. The summed E-state index contributed by atoms with van der Waals surface area (Å²) in [6.45, 7) is 4.30. The molecule has 0 spiro atoms. The average Bonchev–Trinajstić information content (AvgIpc) is 2.48. The molecule has 1 N–H and O–H groups in total. The molecule has 0 bridgehead atoms. The second-order valence-electron chi connectivity index (χ2n) is 4.72. The van der Waals surface area contributed by atoms with Crippen LogP contribution in [-0.2, 0) is 30.3 Å². The van der Waals surface area contributed by atoms with Crippen molar-refractivity contribution in [1.29, 1.82) is 0 Å². The Kier molecular flexibility index (Phi) is 6.49. The SMILES string of the molecule is CCOC(=O)C(Cc1cccc[n+]1[O-])(NC(C)=O)C(=O)OCC. The predicted octanol–water partition coefficient (Wildman–Crippen LogP) is -0.136. The molecule has 0 saturated carbocycles. The summed E-state index contributed by atoms with van der Waals surface area (Å²) in [5.41, 5.74) is -1.99. The summed E-state index contributed by atoms with van der Waals surface area (Å²) in [6.07, 6.45) is 0.846. The van der Waals surface area contributed by atoms with E-state index in [4.69, 9.17) is 9.47 Å². The van der Waals surface area contributed by atoms with E-state index in [9.17, 15) is 19.6 Å². The maximum absolute atomic E-state index is 12.4. The van der Waals surface area contributed by atoms with Crippen LogP contribution in [0.3, 0.4) is 0 Å². The molecule has 8 heteroatoms. The zero-order chi connectivity index (χ0) is 17.5. The Morgan fingerprint density at radius 2 is 1.74 bits per heavy atom. The van der Waals surface area contributed by atoms with E-state index in [0.29, 0.717) is 4.73 Å². The van der Waals surface area contributed by atoms with Gasteiger partial charge in [-0.05, 0) is 13.8 Å². The molecule has 0 aliphatic carbocycles. The van der Waals surface area contributed by atoms with Gasteiger partial charge in [-0.15, -0.1) is 0 Å². The largest absolute Gasteiger partial charge is 0.619 e. The van der Waals surface area contributed by atoms with Crippen LogP contribution in [0.4, 0.5) is 0 Å². The molecule has 1 aromatic heterocycles. The molecule has 0 fully saturated rings. The van der Waals surface area contributed by atoms with Gasteiger partial charge in [0, 0.05) is 19.1 Å². The van der Waals surface area contributed by atoms with E-state index in [1.165, 1.54) is 18.3 Å². The van der Waals surface area contributed by atoms with E-state index >= 15 is 0 Å². The third-order valence-corrected chi connectivity index (χ3v) is 2.99. The number of hydrogen-bond donors (Lipinski definition) is 1. The average molecular weight is 324 g/mol. The summed E-state index contributed by atoms with van der Waals surface area (Å²) in [5.74, 6) is -2.57. The van der Waals surface area contributed by atoms with Crippen LogP contribution in [0.1, 0.15) is 26.5 Å². The van der Waals surface area contributed by atoms with Gasteiger partial charge in [0.15, 0.2) is 11.9 Å². The summed E-state index contributed by atoms with van der Waals surface area (Å²) in [6, 6.07) is 4.53. The minimum atomic E-state index is -2.11. The minimum Gasteiger partial charge on any atom is -0.619 e. The maximum atomic E-state index is 12.4. The fourth-order valence-corrected chi connectivity index (χ4v) is 2.06. The first-order chi connectivity index (χ1) is 10.9. The third-order valence-electron chi connectivity index (χ3n) is 2.99. The number of nitrogens with zero attached hydrogens (tertiary/aromatic N) is 1. The molecule has 0 saturated heterocycles. The molecule has 0 radical (unpaired) electrons. The summed E-state index contributed by atoms with van der Waals surface area (Å²) < 4.78 is 10.4. The zero-order valence-corrected chi connectivity index (χ0v) is 13.3. The van der Waals surface area contributed by atoms with Gasteiger partial charge in [0.25, 0.3) is 0 Å².